The van der Waals surface area contributed by atoms with Gasteiger partial charge in [0.2, 0.25) is 0 Å². The van der Waals surface area contributed by atoms with Crippen molar-refractivity contribution in [2.75, 3.05) is 0 Å². The van der Waals surface area contributed by atoms with Gasteiger partial charge in [0.1, 0.15) is 12.4 Å². The van der Waals surface area contributed by atoms with Crippen LogP contribution in [0.25, 0.3) is 22.3 Å². The van der Waals surface area contributed by atoms with Crippen molar-refractivity contribution in [3.8, 4) is 23.2 Å². The molecule has 0 spiro atoms. The van der Waals surface area contributed by atoms with E-state index in [1.54, 1.807) is 72.8 Å². The monoisotopic (exact) mass is 524 g/mol. The molecular weight excluding hydrogens is 505 g/mol. The Balaban J connectivity index is 1.57. The maximum Gasteiger partial charge on any atom is 0.416 e. The highest BCUT2D eigenvalue weighted by atomic mass is 19.4. The fraction of sp³-hybridized carbons (Fsp3) is 0.0667. The van der Waals surface area contributed by atoms with Gasteiger partial charge >= 0.3 is 6.18 Å². The Morgan fingerprint density at radius 3 is 2.51 bits per heavy atom. The van der Waals surface area contributed by atoms with Crippen molar-refractivity contribution in [1.82, 2.24) is 9.66 Å². The molecule has 1 heterocycles. The molecule has 192 valence electrons. The molecule has 0 amide bonds. The number of rotatable bonds is 6. The van der Waals surface area contributed by atoms with Crippen LogP contribution in [-0.2, 0) is 12.8 Å². The van der Waals surface area contributed by atoms with Gasteiger partial charge in [0.15, 0.2) is 5.82 Å². The maximum absolute atomic E-state index is 13.4. The van der Waals surface area contributed by atoms with E-state index >= 15 is 0 Å². The van der Waals surface area contributed by atoms with Crippen LogP contribution in [0.3, 0.4) is 0 Å². The number of alkyl halides is 3. The summed E-state index contributed by atoms with van der Waals surface area (Å²) in [6.07, 6.45) is -3.18. The predicted molar refractivity (Wildman–Crippen MR) is 141 cm³/mol. The van der Waals surface area contributed by atoms with Crippen molar-refractivity contribution in [2.45, 2.75) is 12.8 Å². The molecule has 0 atom stereocenters. The molecule has 0 radical (unpaired) electrons. The van der Waals surface area contributed by atoms with Gasteiger partial charge in [0.25, 0.3) is 5.56 Å². The van der Waals surface area contributed by atoms with Crippen LogP contribution in [0.1, 0.15) is 22.3 Å². The lowest BCUT2D eigenvalue weighted by atomic mass is 10.1. The fourth-order valence-electron chi connectivity index (χ4n) is 4.00. The number of hydrogen-bond donors (Lipinski definition) is 0. The summed E-state index contributed by atoms with van der Waals surface area (Å²) in [4.78, 5) is 17.9. The smallest absolute Gasteiger partial charge is 0.416 e. The van der Waals surface area contributed by atoms with Gasteiger partial charge in [-0.2, -0.15) is 28.2 Å². The maximum atomic E-state index is 13.4. The van der Waals surface area contributed by atoms with Crippen molar-refractivity contribution in [3.63, 3.8) is 0 Å². The van der Waals surface area contributed by atoms with Crippen LogP contribution >= 0.6 is 0 Å². The second-order valence-corrected chi connectivity index (χ2v) is 8.49. The normalized spacial score (nSPS) is 11.5. The van der Waals surface area contributed by atoms with E-state index in [0.29, 0.717) is 28.0 Å². The van der Waals surface area contributed by atoms with Gasteiger partial charge in [-0.15, -0.1) is 0 Å². The largest absolute Gasteiger partial charge is 0.488 e. The zero-order valence-electron chi connectivity index (χ0n) is 20.3. The minimum atomic E-state index is -4.57. The van der Waals surface area contributed by atoms with Gasteiger partial charge < -0.3 is 4.74 Å². The molecule has 0 saturated carbocycles. The molecule has 0 fully saturated rings. The fourth-order valence-corrected chi connectivity index (χ4v) is 4.00. The van der Waals surface area contributed by atoms with E-state index in [-0.39, 0.29) is 23.4 Å². The van der Waals surface area contributed by atoms with Crippen LogP contribution in [0.15, 0.2) is 107 Å². The van der Waals surface area contributed by atoms with Crippen LogP contribution in [-0.4, -0.2) is 15.9 Å². The van der Waals surface area contributed by atoms with Crippen molar-refractivity contribution >= 4 is 17.1 Å². The second-order valence-electron chi connectivity index (χ2n) is 8.49. The third kappa shape index (κ3) is 5.40. The lowest BCUT2D eigenvalue weighted by molar-refractivity contribution is -0.137. The summed E-state index contributed by atoms with van der Waals surface area (Å²) in [6.45, 7) is 0.127. The van der Waals surface area contributed by atoms with Crippen LogP contribution in [0.4, 0.5) is 13.2 Å². The lowest BCUT2D eigenvalue weighted by Crippen LogP contribution is -2.20. The molecule has 0 aliphatic rings. The summed E-state index contributed by atoms with van der Waals surface area (Å²) >= 11 is 0. The molecular formula is C30H19F3N4O2. The van der Waals surface area contributed by atoms with Gasteiger partial charge in [-0.05, 0) is 42.5 Å². The number of para-hydroxylation sites is 2. The third-order valence-electron chi connectivity index (χ3n) is 5.95. The van der Waals surface area contributed by atoms with E-state index in [4.69, 9.17) is 4.74 Å². The van der Waals surface area contributed by atoms with Crippen LogP contribution in [0.2, 0.25) is 0 Å². The molecule has 6 nitrogen and oxygen atoms in total. The second kappa shape index (κ2) is 10.6. The van der Waals surface area contributed by atoms with Gasteiger partial charge in [0.05, 0.1) is 34.3 Å². The Bertz CT molecular complexity index is 1800. The van der Waals surface area contributed by atoms with Crippen LogP contribution in [0.5, 0.6) is 5.75 Å². The minimum absolute atomic E-state index is 0.0394. The average molecular weight is 525 g/mol. The highest BCUT2D eigenvalue weighted by Crippen LogP contribution is 2.32. The predicted octanol–water partition coefficient (Wildman–Crippen LogP) is 6.42. The zero-order valence-corrected chi connectivity index (χ0v) is 20.3. The summed E-state index contributed by atoms with van der Waals surface area (Å²) < 4.78 is 47.2. The van der Waals surface area contributed by atoms with Gasteiger partial charge in [0, 0.05) is 16.7 Å². The summed E-state index contributed by atoms with van der Waals surface area (Å²) in [5, 5.41) is 13.9. The van der Waals surface area contributed by atoms with Crippen molar-refractivity contribution in [3.05, 3.63) is 130 Å². The molecule has 0 N–H and O–H groups in total. The van der Waals surface area contributed by atoms with E-state index in [0.717, 1.165) is 16.8 Å². The SMILES string of the molecule is N#Cc1ccccc1COc1ccccc1C=Nn1c(-c2cccc(C(F)(F)F)c2)nc2ccccc2c1=O. The number of fused-ring (bicyclic) bond motifs is 1. The lowest BCUT2D eigenvalue weighted by Gasteiger charge is -2.12. The topological polar surface area (TPSA) is 80.3 Å². The van der Waals surface area contributed by atoms with Crippen LogP contribution < -0.4 is 10.3 Å². The Morgan fingerprint density at radius 2 is 1.69 bits per heavy atom. The summed E-state index contributed by atoms with van der Waals surface area (Å²) in [5.74, 6) is 0.402. The quantitative estimate of drug-likeness (QED) is 0.240. The third-order valence-corrected chi connectivity index (χ3v) is 5.95. The van der Waals surface area contributed by atoms with Gasteiger partial charge in [-0.25, -0.2) is 4.98 Å². The van der Waals surface area contributed by atoms with E-state index in [2.05, 4.69) is 16.2 Å². The Hall–Kier alpha value is -5.23. The molecule has 4 aromatic carbocycles. The number of ether oxygens (including phenoxy) is 1. The van der Waals surface area contributed by atoms with Gasteiger partial charge in [-0.1, -0.05) is 54.6 Å². The molecule has 0 bridgehead atoms. The number of halogens is 3. The molecule has 39 heavy (non-hydrogen) atoms. The summed E-state index contributed by atoms with van der Waals surface area (Å²) in [5.41, 5.74) is 0.724. The highest BCUT2D eigenvalue weighted by molar-refractivity contribution is 5.84. The molecule has 9 heteroatoms. The van der Waals surface area contributed by atoms with Crippen LogP contribution in [0, 0.1) is 11.3 Å². The average Bonchev–Trinajstić information content (AvgIpc) is 2.95. The number of hydrogen-bond acceptors (Lipinski definition) is 5. The van der Waals surface area contributed by atoms with Crippen molar-refractivity contribution in [1.29, 1.82) is 5.26 Å². The summed E-state index contributed by atoms with van der Waals surface area (Å²) in [6, 6.07) is 27.3. The minimum Gasteiger partial charge on any atom is -0.488 e. The zero-order chi connectivity index (χ0) is 27.4. The molecule has 0 aliphatic carbocycles. The van der Waals surface area contributed by atoms with Gasteiger partial charge in [-0.3, -0.25) is 4.79 Å². The number of nitriles is 1. The standard InChI is InChI=1S/C30H19F3N4O2/c31-30(32,33)24-12-7-11-20(16-24)28-36-26-14-5-4-13-25(26)29(38)37(28)35-18-22-9-3-6-15-27(22)39-19-23-10-2-1-8-21(23)17-34/h1-16,18H,19H2. The number of nitrogens with zero attached hydrogens (tertiary/aromatic N) is 4. The first-order valence-electron chi connectivity index (χ1n) is 11.8. The Kier molecular flexibility index (Phi) is 6.93. The highest BCUT2D eigenvalue weighted by Gasteiger charge is 2.31. The summed E-state index contributed by atoms with van der Waals surface area (Å²) in [7, 11) is 0. The molecule has 0 saturated heterocycles. The molecule has 1 aromatic heterocycles. The molecule has 0 unspecified atom stereocenters. The number of aromatic nitrogens is 2. The van der Waals surface area contributed by atoms with E-state index in [9.17, 15) is 23.2 Å². The van der Waals surface area contributed by atoms with E-state index in [1.165, 1.54) is 18.3 Å². The first kappa shape index (κ1) is 25.4. The molecule has 5 rings (SSSR count). The Morgan fingerprint density at radius 1 is 0.949 bits per heavy atom. The van der Waals surface area contributed by atoms with E-state index < -0.39 is 17.3 Å². The van der Waals surface area contributed by atoms with Crippen molar-refractivity contribution < 1.29 is 17.9 Å². The Labute approximate surface area is 220 Å². The van der Waals surface area contributed by atoms with Crippen molar-refractivity contribution in [2.24, 2.45) is 5.10 Å². The van der Waals surface area contributed by atoms with E-state index in [1.807, 2.05) is 0 Å². The number of benzene rings is 4. The first-order chi connectivity index (χ1) is 18.8. The molecule has 5 aromatic rings. The molecule has 0 aliphatic heterocycles. The first-order valence-corrected chi connectivity index (χ1v) is 11.8.